The molecule has 15 heavy (non-hydrogen) atoms. The smallest absolute Gasteiger partial charge is 0.323 e. The van der Waals surface area contributed by atoms with Crippen molar-refractivity contribution in [3.05, 3.63) is 0 Å². The molecule has 4 nitrogen and oxygen atoms in total. The van der Waals surface area contributed by atoms with E-state index in [1.165, 1.54) is 12.8 Å². The molecule has 0 bridgehead atoms. The first kappa shape index (κ1) is 12.5. The normalized spacial score (nSPS) is 24.3. The van der Waals surface area contributed by atoms with E-state index in [1.54, 1.807) is 7.11 Å². The minimum atomic E-state index is -0.769. The molecule has 1 heterocycles. The van der Waals surface area contributed by atoms with Gasteiger partial charge in [0.15, 0.2) is 0 Å². The van der Waals surface area contributed by atoms with Gasteiger partial charge in [-0.2, -0.15) is 0 Å². The monoisotopic (exact) mass is 215 g/mol. The van der Waals surface area contributed by atoms with Gasteiger partial charge in [-0.3, -0.25) is 9.69 Å². The quantitative estimate of drug-likeness (QED) is 0.723. The van der Waals surface area contributed by atoms with E-state index in [0.717, 1.165) is 19.5 Å². The predicted octanol–water partition coefficient (Wildman–Crippen LogP) is 1.21. The number of carboxylic acid groups (broad SMARTS) is 1. The summed E-state index contributed by atoms with van der Waals surface area (Å²) in [6.07, 6.45) is 3.51. The number of aliphatic carboxylic acids is 1. The summed E-state index contributed by atoms with van der Waals surface area (Å²) in [6, 6.07) is -0.461. The fourth-order valence-electron chi connectivity index (χ4n) is 2.28. The van der Waals surface area contributed by atoms with E-state index in [9.17, 15) is 4.79 Å². The Morgan fingerprint density at radius 3 is 2.93 bits per heavy atom. The van der Waals surface area contributed by atoms with Crippen molar-refractivity contribution in [2.45, 2.75) is 32.2 Å². The van der Waals surface area contributed by atoms with E-state index in [1.807, 2.05) is 4.90 Å². The lowest BCUT2D eigenvalue weighted by atomic mass is 10.0. The van der Waals surface area contributed by atoms with Gasteiger partial charge in [0.05, 0.1) is 6.61 Å². The van der Waals surface area contributed by atoms with Crippen molar-refractivity contribution in [1.82, 2.24) is 4.90 Å². The molecule has 0 aromatic rings. The Labute approximate surface area is 91.2 Å². The number of carboxylic acids is 1. The fraction of sp³-hybridized carbons (Fsp3) is 0.909. The molecule has 1 aliphatic heterocycles. The highest BCUT2D eigenvalue weighted by Gasteiger charge is 2.31. The summed E-state index contributed by atoms with van der Waals surface area (Å²) in [5.41, 5.74) is 0. The number of carbonyl (C=O) groups is 1. The van der Waals surface area contributed by atoms with Crippen LogP contribution < -0.4 is 0 Å². The summed E-state index contributed by atoms with van der Waals surface area (Å²) in [5, 5.41) is 9.06. The zero-order valence-corrected chi connectivity index (χ0v) is 9.61. The average molecular weight is 215 g/mol. The molecule has 1 N–H and O–H groups in total. The van der Waals surface area contributed by atoms with Gasteiger partial charge in [0.1, 0.15) is 6.04 Å². The largest absolute Gasteiger partial charge is 0.480 e. The Hall–Kier alpha value is -0.610. The molecular formula is C11H21NO3. The summed E-state index contributed by atoms with van der Waals surface area (Å²) in [5.74, 6) is -0.0947. The lowest BCUT2D eigenvalue weighted by Crippen LogP contribution is -2.42. The predicted molar refractivity (Wildman–Crippen MR) is 57.9 cm³/mol. The molecule has 88 valence electrons. The lowest BCUT2D eigenvalue weighted by molar-refractivity contribution is -0.144. The van der Waals surface area contributed by atoms with Gasteiger partial charge in [-0.15, -0.1) is 0 Å². The van der Waals surface area contributed by atoms with Gasteiger partial charge in [0, 0.05) is 13.7 Å². The molecule has 1 rings (SSSR count). The molecule has 2 unspecified atom stereocenters. The van der Waals surface area contributed by atoms with Gasteiger partial charge in [-0.25, -0.2) is 0 Å². The molecule has 0 spiro atoms. The standard InChI is InChI=1S/C11H21NO3/c1-3-4-9-5-6-12(7-9)10(8-15-2)11(13)14/h9-10H,3-8H2,1-2H3,(H,13,14). The Morgan fingerprint density at radius 1 is 1.67 bits per heavy atom. The second kappa shape index (κ2) is 6.08. The summed E-state index contributed by atoms with van der Waals surface area (Å²) in [4.78, 5) is 13.1. The molecule has 0 amide bonds. The van der Waals surface area contributed by atoms with Crippen LogP contribution >= 0.6 is 0 Å². The van der Waals surface area contributed by atoms with Crippen molar-refractivity contribution in [2.24, 2.45) is 5.92 Å². The second-order valence-electron chi connectivity index (χ2n) is 4.25. The van der Waals surface area contributed by atoms with Gasteiger partial charge in [0.25, 0.3) is 0 Å². The molecule has 0 aromatic carbocycles. The number of likely N-dealkylation sites (tertiary alicyclic amines) is 1. The molecule has 0 radical (unpaired) electrons. The Balaban J connectivity index is 2.45. The second-order valence-corrected chi connectivity index (χ2v) is 4.25. The van der Waals surface area contributed by atoms with E-state index in [2.05, 4.69) is 6.92 Å². The first-order valence-electron chi connectivity index (χ1n) is 5.64. The summed E-state index contributed by atoms with van der Waals surface area (Å²) >= 11 is 0. The number of hydrogen-bond acceptors (Lipinski definition) is 3. The molecule has 1 fully saturated rings. The highest BCUT2D eigenvalue weighted by Crippen LogP contribution is 2.22. The third-order valence-corrected chi connectivity index (χ3v) is 3.06. The maximum atomic E-state index is 11.0. The summed E-state index contributed by atoms with van der Waals surface area (Å²) in [7, 11) is 1.55. The maximum absolute atomic E-state index is 11.0. The third kappa shape index (κ3) is 3.47. The van der Waals surface area contributed by atoms with Gasteiger partial charge in [-0.05, 0) is 25.3 Å². The van der Waals surface area contributed by atoms with Crippen LogP contribution in [0, 0.1) is 5.92 Å². The van der Waals surface area contributed by atoms with E-state index in [-0.39, 0.29) is 6.61 Å². The minimum absolute atomic E-state index is 0.286. The number of methoxy groups -OCH3 is 1. The van der Waals surface area contributed by atoms with Crippen molar-refractivity contribution in [3.8, 4) is 0 Å². The van der Waals surface area contributed by atoms with Crippen LogP contribution in [-0.4, -0.2) is 48.8 Å². The maximum Gasteiger partial charge on any atom is 0.323 e. The van der Waals surface area contributed by atoms with Gasteiger partial charge < -0.3 is 9.84 Å². The average Bonchev–Trinajstić information content (AvgIpc) is 2.62. The molecule has 1 aliphatic rings. The van der Waals surface area contributed by atoms with Gasteiger partial charge >= 0.3 is 5.97 Å². The lowest BCUT2D eigenvalue weighted by Gasteiger charge is -2.23. The molecule has 0 aromatic heterocycles. The number of hydrogen-bond donors (Lipinski definition) is 1. The van der Waals surface area contributed by atoms with Crippen molar-refractivity contribution < 1.29 is 14.6 Å². The Morgan fingerprint density at radius 2 is 2.40 bits per heavy atom. The molecule has 0 aliphatic carbocycles. The first-order valence-corrected chi connectivity index (χ1v) is 5.64. The number of rotatable bonds is 6. The van der Waals surface area contributed by atoms with Crippen molar-refractivity contribution in [1.29, 1.82) is 0 Å². The topological polar surface area (TPSA) is 49.8 Å². The van der Waals surface area contributed by atoms with Crippen LogP contribution in [0.2, 0.25) is 0 Å². The van der Waals surface area contributed by atoms with Crippen LogP contribution in [0.15, 0.2) is 0 Å². The fourth-order valence-corrected chi connectivity index (χ4v) is 2.28. The van der Waals surface area contributed by atoms with Crippen LogP contribution in [0.5, 0.6) is 0 Å². The highest BCUT2D eigenvalue weighted by molar-refractivity contribution is 5.73. The zero-order valence-electron chi connectivity index (χ0n) is 9.61. The molecular weight excluding hydrogens is 194 g/mol. The number of nitrogens with zero attached hydrogens (tertiary/aromatic N) is 1. The van der Waals surface area contributed by atoms with Crippen LogP contribution in [-0.2, 0) is 9.53 Å². The molecule has 1 saturated heterocycles. The van der Waals surface area contributed by atoms with E-state index >= 15 is 0 Å². The SMILES string of the molecule is CCCC1CCN(C(COC)C(=O)O)C1. The van der Waals surface area contributed by atoms with E-state index in [4.69, 9.17) is 9.84 Å². The van der Waals surface area contributed by atoms with Crippen LogP contribution in [0.3, 0.4) is 0 Å². The summed E-state index contributed by atoms with van der Waals surface area (Å²) in [6.45, 7) is 4.26. The van der Waals surface area contributed by atoms with Crippen LogP contribution in [0.4, 0.5) is 0 Å². The van der Waals surface area contributed by atoms with Crippen molar-refractivity contribution >= 4 is 5.97 Å². The number of ether oxygens (including phenoxy) is 1. The molecule has 2 atom stereocenters. The van der Waals surface area contributed by atoms with Crippen LogP contribution in [0.25, 0.3) is 0 Å². The Bertz CT molecular complexity index is 208. The third-order valence-electron chi connectivity index (χ3n) is 3.06. The summed E-state index contributed by atoms with van der Waals surface area (Å²) < 4.78 is 4.95. The van der Waals surface area contributed by atoms with Crippen molar-refractivity contribution in [3.63, 3.8) is 0 Å². The first-order chi connectivity index (χ1) is 7.19. The van der Waals surface area contributed by atoms with Crippen molar-refractivity contribution in [2.75, 3.05) is 26.8 Å². The van der Waals surface area contributed by atoms with E-state index in [0.29, 0.717) is 5.92 Å². The molecule has 4 heteroatoms. The molecule has 0 saturated carbocycles. The van der Waals surface area contributed by atoms with Gasteiger partial charge in [-0.1, -0.05) is 13.3 Å². The van der Waals surface area contributed by atoms with Gasteiger partial charge in [0.2, 0.25) is 0 Å². The van der Waals surface area contributed by atoms with Crippen LogP contribution in [0.1, 0.15) is 26.2 Å². The van der Waals surface area contributed by atoms with E-state index < -0.39 is 12.0 Å². The minimum Gasteiger partial charge on any atom is -0.480 e. The zero-order chi connectivity index (χ0) is 11.3. The Kier molecular flexibility index (Phi) is 5.05. The highest BCUT2D eigenvalue weighted by atomic mass is 16.5.